The summed E-state index contributed by atoms with van der Waals surface area (Å²) >= 11 is 1.47. The quantitative estimate of drug-likeness (QED) is 0.550. The van der Waals surface area contributed by atoms with Gasteiger partial charge in [0, 0.05) is 29.2 Å². The molecule has 0 aliphatic carbocycles. The molecule has 32 heavy (non-hydrogen) atoms. The van der Waals surface area contributed by atoms with Crippen molar-refractivity contribution in [2.45, 2.75) is 30.4 Å². The first-order valence-electron chi connectivity index (χ1n) is 9.85. The summed E-state index contributed by atoms with van der Waals surface area (Å²) in [5.41, 5.74) is 1.70. The van der Waals surface area contributed by atoms with Crippen LogP contribution in [0.15, 0.2) is 53.4 Å². The van der Waals surface area contributed by atoms with Crippen LogP contribution in [0.2, 0.25) is 0 Å². The lowest BCUT2D eigenvalue weighted by Gasteiger charge is -2.28. The number of fused-ring (bicyclic) bond motifs is 1. The van der Waals surface area contributed by atoms with Crippen molar-refractivity contribution in [3.05, 3.63) is 59.7 Å². The van der Waals surface area contributed by atoms with Gasteiger partial charge in [-0.1, -0.05) is 30.3 Å². The smallest absolute Gasteiger partial charge is 0.414 e. The monoisotopic (exact) mass is 458 g/mol. The number of anilines is 1. The number of hydrogen-bond donors (Lipinski definition) is 3. The fraction of sp³-hybridized carbons (Fsp3) is 0.273. The summed E-state index contributed by atoms with van der Waals surface area (Å²) in [6, 6.07) is 12.7. The molecule has 0 saturated carbocycles. The van der Waals surface area contributed by atoms with E-state index in [4.69, 9.17) is 9.84 Å². The van der Waals surface area contributed by atoms with Crippen LogP contribution in [0.3, 0.4) is 0 Å². The Kier molecular flexibility index (Phi) is 7.72. The molecule has 2 aromatic rings. The van der Waals surface area contributed by atoms with E-state index < -0.39 is 30.0 Å². The topological polar surface area (TPSA) is 133 Å². The van der Waals surface area contributed by atoms with Crippen molar-refractivity contribution in [1.82, 2.24) is 5.32 Å². The lowest BCUT2D eigenvalue weighted by molar-refractivity contribution is -0.140. The number of carbonyl (C=O) groups is 4. The zero-order valence-corrected chi connectivity index (χ0v) is 17.8. The second-order valence-corrected chi connectivity index (χ2v) is 8.16. The van der Waals surface area contributed by atoms with Gasteiger partial charge in [0.15, 0.2) is 0 Å². The van der Waals surface area contributed by atoms with Crippen molar-refractivity contribution in [3.63, 3.8) is 0 Å². The van der Waals surface area contributed by atoms with E-state index in [2.05, 4.69) is 5.32 Å². The lowest BCUT2D eigenvalue weighted by Crippen LogP contribution is -2.41. The van der Waals surface area contributed by atoms with E-state index in [9.17, 15) is 24.3 Å². The van der Waals surface area contributed by atoms with E-state index in [1.807, 2.05) is 30.3 Å². The molecule has 168 valence electrons. The Morgan fingerprint density at radius 2 is 1.84 bits per heavy atom. The third-order valence-electron chi connectivity index (χ3n) is 4.76. The number of nitrogens with one attached hydrogen (secondary N) is 1. The number of rotatable bonds is 8. The van der Waals surface area contributed by atoms with Crippen LogP contribution in [0.1, 0.15) is 28.8 Å². The van der Waals surface area contributed by atoms with Gasteiger partial charge in [0.05, 0.1) is 5.69 Å². The fourth-order valence-electron chi connectivity index (χ4n) is 3.11. The number of aliphatic carboxylic acids is 2. The summed E-state index contributed by atoms with van der Waals surface area (Å²) in [7, 11) is 0. The molecular formula is C22H22N2O7S. The molecular weight excluding hydrogens is 436 g/mol. The predicted molar refractivity (Wildman–Crippen MR) is 117 cm³/mol. The zero-order chi connectivity index (χ0) is 23.1. The van der Waals surface area contributed by atoms with Crippen LogP contribution in [-0.2, 0) is 20.9 Å². The molecule has 1 atom stereocenters. The van der Waals surface area contributed by atoms with E-state index in [0.29, 0.717) is 22.9 Å². The van der Waals surface area contributed by atoms with Crippen LogP contribution in [0.25, 0.3) is 0 Å². The summed E-state index contributed by atoms with van der Waals surface area (Å²) < 4.78 is 5.41. The average molecular weight is 458 g/mol. The highest BCUT2D eigenvalue weighted by atomic mass is 32.2. The number of ether oxygens (including phenoxy) is 1. The molecule has 0 fully saturated rings. The Bertz CT molecular complexity index is 1010. The molecule has 1 aliphatic heterocycles. The van der Waals surface area contributed by atoms with Crippen molar-refractivity contribution in [2.24, 2.45) is 0 Å². The number of carboxylic acid groups (broad SMARTS) is 2. The highest BCUT2D eigenvalue weighted by Gasteiger charge is 2.26. The standard InChI is InChI=1S/C22H22N2O7S/c25-19(26)9-7-16(21(28)29)23-20(27)15-6-8-17-18(12-15)32-11-10-24(17)22(30)31-13-14-4-2-1-3-5-14/h1-6,8,12,16H,7,9-11,13H2,(H,23,27)(H,25,26)(H,28,29)/t16-/m0/s1. The highest BCUT2D eigenvalue weighted by Crippen LogP contribution is 2.36. The van der Waals surface area contributed by atoms with Gasteiger partial charge < -0.3 is 20.3 Å². The average Bonchev–Trinajstić information content (AvgIpc) is 2.79. The second kappa shape index (κ2) is 10.7. The maximum absolute atomic E-state index is 12.6. The number of hydrogen-bond acceptors (Lipinski definition) is 6. The van der Waals surface area contributed by atoms with Gasteiger partial charge >= 0.3 is 18.0 Å². The van der Waals surface area contributed by atoms with Crippen LogP contribution in [0.4, 0.5) is 10.5 Å². The number of benzene rings is 2. The molecule has 1 heterocycles. The van der Waals surface area contributed by atoms with Gasteiger partial charge in [0.25, 0.3) is 5.91 Å². The minimum Gasteiger partial charge on any atom is -0.481 e. The normalized spacial score (nSPS) is 13.6. The Hall–Kier alpha value is -3.53. The van der Waals surface area contributed by atoms with Crippen molar-refractivity contribution in [3.8, 4) is 0 Å². The van der Waals surface area contributed by atoms with Gasteiger partial charge in [-0.3, -0.25) is 14.5 Å². The first kappa shape index (κ1) is 23.1. The van der Waals surface area contributed by atoms with E-state index in [1.165, 1.54) is 22.7 Å². The molecule has 3 N–H and O–H groups in total. The molecule has 0 aromatic heterocycles. The molecule has 10 heteroatoms. The molecule has 9 nitrogen and oxygen atoms in total. The number of thioether (sulfide) groups is 1. The molecule has 3 rings (SSSR count). The van der Waals surface area contributed by atoms with E-state index >= 15 is 0 Å². The van der Waals surface area contributed by atoms with Crippen LogP contribution in [0.5, 0.6) is 0 Å². The van der Waals surface area contributed by atoms with Crippen LogP contribution in [-0.4, -0.2) is 52.5 Å². The number of amides is 2. The molecule has 0 saturated heterocycles. The summed E-state index contributed by atoms with van der Waals surface area (Å²) in [6.07, 6.45) is -1.10. The summed E-state index contributed by atoms with van der Waals surface area (Å²) in [5, 5.41) is 20.3. The molecule has 2 amide bonds. The van der Waals surface area contributed by atoms with E-state index in [-0.39, 0.29) is 25.0 Å². The van der Waals surface area contributed by atoms with Crippen molar-refractivity contribution < 1.29 is 34.1 Å². The predicted octanol–water partition coefficient (Wildman–Crippen LogP) is 2.98. The molecule has 0 spiro atoms. The molecule has 0 unspecified atom stereocenters. The largest absolute Gasteiger partial charge is 0.481 e. The Labute approximate surface area is 188 Å². The Morgan fingerprint density at radius 3 is 2.53 bits per heavy atom. The second-order valence-electron chi connectivity index (χ2n) is 7.02. The minimum absolute atomic E-state index is 0.145. The van der Waals surface area contributed by atoms with Crippen LogP contribution < -0.4 is 10.2 Å². The summed E-state index contributed by atoms with van der Waals surface area (Å²) in [4.78, 5) is 49.4. The van der Waals surface area contributed by atoms with Gasteiger partial charge in [-0.15, -0.1) is 11.8 Å². The minimum atomic E-state index is -1.31. The molecule has 0 bridgehead atoms. The third kappa shape index (κ3) is 6.01. The first-order chi connectivity index (χ1) is 15.3. The van der Waals surface area contributed by atoms with Gasteiger partial charge in [-0.25, -0.2) is 9.59 Å². The molecule has 2 aromatic carbocycles. The summed E-state index contributed by atoms with van der Waals surface area (Å²) in [5.74, 6) is -2.47. The summed E-state index contributed by atoms with van der Waals surface area (Å²) in [6.45, 7) is 0.596. The molecule has 0 radical (unpaired) electrons. The SMILES string of the molecule is O=C(O)CC[C@H](NC(=O)c1ccc2c(c1)SCCN2C(=O)OCc1ccccc1)C(=O)O. The highest BCUT2D eigenvalue weighted by molar-refractivity contribution is 7.99. The Morgan fingerprint density at radius 1 is 1.09 bits per heavy atom. The lowest BCUT2D eigenvalue weighted by atomic mass is 10.1. The number of nitrogens with zero attached hydrogens (tertiary/aromatic N) is 1. The van der Waals surface area contributed by atoms with Crippen LogP contribution in [0, 0.1) is 0 Å². The van der Waals surface area contributed by atoms with Crippen LogP contribution >= 0.6 is 11.8 Å². The third-order valence-corrected chi connectivity index (χ3v) is 5.79. The van der Waals surface area contributed by atoms with E-state index in [1.54, 1.807) is 12.1 Å². The number of carbonyl (C=O) groups excluding carboxylic acids is 2. The van der Waals surface area contributed by atoms with Crippen molar-refractivity contribution in [1.29, 1.82) is 0 Å². The maximum atomic E-state index is 12.6. The maximum Gasteiger partial charge on any atom is 0.414 e. The Balaban J connectivity index is 1.68. The fourth-order valence-corrected chi connectivity index (χ4v) is 4.15. The molecule has 1 aliphatic rings. The van der Waals surface area contributed by atoms with Gasteiger partial charge in [0.2, 0.25) is 0 Å². The van der Waals surface area contributed by atoms with Crippen molar-refractivity contribution in [2.75, 3.05) is 17.2 Å². The van der Waals surface area contributed by atoms with Crippen molar-refractivity contribution >= 4 is 41.4 Å². The van der Waals surface area contributed by atoms with Gasteiger partial charge in [0.1, 0.15) is 12.6 Å². The van der Waals surface area contributed by atoms with Gasteiger partial charge in [-0.05, 0) is 30.2 Å². The van der Waals surface area contributed by atoms with Gasteiger partial charge in [-0.2, -0.15) is 0 Å². The van der Waals surface area contributed by atoms with E-state index in [0.717, 1.165) is 5.56 Å². The first-order valence-corrected chi connectivity index (χ1v) is 10.8. The number of carboxylic acids is 2. The zero-order valence-electron chi connectivity index (χ0n) is 17.0.